The van der Waals surface area contributed by atoms with Crippen molar-refractivity contribution < 1.29 is 8.95 Å². The van der Waals surface area contributed by atoms with Crippen LogP contribution >= 0.6 is 0 Å². The van der Waals surface area contributed by atoms with E-state index in [-0.39, 0.29) is 11.4 Å². The summed E-state index contributed by atoms with van der Waals surface area (Å²) in [6, 6.07) is 0. The molecule has 72 valence electrons. The molecular formula is C8H17NO2S. The maximum Gasteiger partial charge on any atom is 0.0691 e. The quantitative estimate of drug-likeness (QED) is 0.693. The topological polar surface area (TPSA) is 52.3 Å². The maximum absolute atomic E-state index is 11.6. The van der Waals surface area contributed by atoms with Crippen molar-refractivity contribution in [2.75, 3.05) is 18.9 Å². The van der Waals surface area contributed by atoms with Crippen LogP contribution in [0, 0.1) is 0 Å². The van der Waals surface area contributed by atoms with Gasteiger partial charge in [-0.15, -0.1) is 0 Å². The molecule has 0 aromatic heterocycles. The van der Waals surface area contributed by atoms with E-state index in [9.17, 15) is 4.21 Å². The lowest BCUT2D eigenvalue weighted by Crippen LogP contribution is -2.25. The fraction of sp³-hybridized carbons (Fsp3) is 1.00. The molecule has 0 aromatic rings. The zero-order valence-corrected chi connectivity index (χ0v) is 8.31. The highest BCUT2D eigenvalue weighted by Gasteiger charge is 2.28. The van der Waals surface area contributed by atoms with Crippen molar-refractivity contribution in [1.29, 1.82) is 0 Å². The summed E-state index contributed by atoms with van der Waals surface area (Å²) < 4.78 is 16.9. The molecule has 1 fully saturated rings. The summed E-state index contributed by atoms with van der Waals surface area (Å²) in [5.41, 5.74) is 5.34. The van der Waals surface area contributed by atoms with Gasteiger partial charge in [0.05, 0.1) is 11.4 Å². The molecule has 1 heterocycles. The van der Waals surface area contributed by atoms with Crippen LogP contribution in [-0.4, -0.2) is 34.5 Å². The number of rotatable bonds is 4. The Kier molecular flexibility index (Phi) is 4.18. The molecule has 0 spiro atoms. The third-order valence-corrected chi connectivity index (χ3v) is 4.18. The van der Waals surface area contributed by atoms with Crippen molar-refractivity contribution in [3.05, 3.63) is 0 Å². The molecule has 3 nitrogen and oxygen atoms in total. The van der Waals surface area contributed by atoms with Crippen LogP contribution in [0.5, 0.6) is 0 Å². The van der Waals surface area contributed by atoms with Crippen molar-refractivity contribution in [2.45, 2.75) is 31.1 Å². The van der Waals surface area contributed by atoms with Crippen LogP contribution in [0.3, 0.4) is 0 Å². The molecule has 1 rings (SSSR count). The average molecular weight is 191 g/mol. The normalized spacial score (nSPS) is 32.2. The van der Waals surface area contributed by atoms with Gasteiger partial charge < -0.3 is 10.5 Å². The zero-order chi connectivity index (χ0) is 8.97. The van der Waals surface area contributed by atoms with E-state index < -0.39 is 10.8 Å². The SMILES string of the molecule is CC1OCCC1S(=O)CCCN. The standard InChI is InChI=1S/C8H17NO2S/c1-7-8(3-5-11-7)12(10)6-2-4-9/h7-8H,2-6,9H2,1H3. The number of hydrogen-bond acceptors (Lipinski definition) is 3. The Morgan fingerprint density at radius 3 is 2.92 bits per heavy atom. The Balaban J connectivity index is 2.30. The molecule has 12 heavy (non-hydrogen) atoms. The molecule has 0 radical (unpaired) electrons. The summed E-state index contributed by atoms with van der Waals surface area (Å²) in [5, 5.41) is 0.247. The summed E-state index contributed by atoms with van der Waals surface area (Å²) in [6.07, 6.45) is 1.97. The van der Waals surface area contributed by atoms with Crippen molar-refractivity contribution >= 4 is 10.8 Å². The highest BCUT2D eigenvalue weighted by atomic mass is 32.2. The second kappa shape index (κ2) is 4.94. The van der Waals surface area contributed by atoms with Crippen LogP contribution in [0.2, 0.25) is 0 Å². The largest absolute Gasteiger partial charge is 0.377 e. The van der Waals surface area contributed by atoms with Crippen LogP contribution in [0.15, 0.2) is 0 Å². The van der Waals surface area contributed by atoms with E-state index >= 15 is 0 Å². The minimum atomic E-state index is -0.730. The molecule has 3 unspecified atom stereocenters. The molecule has 1 aliphatic heterocycles. The van der Waals surface area contributed by atoms with Gasteiger partial charge in [-0.3, -0.25) is 4.21 Å². The van der Waals surface area contributed by atoms with Crippen LogP contribution < -0.4 is 5.73 Å². The predicted molar refractivity (Wildman–Crippen MR) is 50.5 cm³/mol. The van der Waals surface area contributed by atoms with Gasteiger partial charge >= 0.3 is 0 Å². The first-order valence-electron chi connectivity index (χ1n) is 4.44. The van der Waals surface area contributed by atoms with Crippen molar-refractivity contribution in [3.63, 3.8) is 0 Å². The first-order valence-corrected chi connectivity index (χ1v) is 5.82. The smallest absolute Gasteiger partial charge is 0.0691 e. The fourth-order valence-electron chi connectivity index (χ4n) is 1.43. The zero-order valence-electron chi connectivity index (χ0n) is 7.49. The molecule has 0 bridgehead atoms. The average Bonchev–Trinajstić information content (AvgIpc) is 2.47. The molecule has 2 N–H and O–H groups in total. The second-order valence-electron chi connectivity index (χ2n) is 3.13. The lowest BCUT2D eigenvalue weighted by atomic mass is 10.3. The minimum Gasteiger partial charge on any atom is -0.377 e. The van der Waals surface area contributed by atoms with Gasteiger partial charge in [0.2, 0.25) is 0 Å². The summed E-state index contributed by atoms with van der Waals surface area (Å²) in [7, 11) is -0.730. The summed E-state index contributed by atoms with van der Waals surface area (Å²) >= 11 is 0. The lowest BCUT2D eigenvalue weighted by Gasteiger charge is -2.12. The maximum atomic E-state index is 11.6. The van der Waals surface area contributed by atoms with Gasteiger partial charge in [0.15, 0.2) is 0 Å². The van der Waals surface area contributed by atoms with E-state index in [0.717, 1.165) is 25.2 Å². The molecule has 0 amide bonds. The predicted octanol–water partition coefficient (Wildman–Crippen LogP) is 0.261. The number of nitrogens with two attached hydrogens (primary N) is 1. The van der Waals surface area contributed by atoms with E-state index in [4.69, 9.17) is 10.5 Å². The Labute approximate surface area is 76.1 Å². The Morgan fingerprint density at radius 1 is 1.67 bits per heavy atom. The molecule has 1 aliphatic rings. The first kappa shape index (κ1) is 10.2. The van der Waals surface area contributed by atoms with E-state index in [2.05, 4.69) is 0 Å². The molecular weight excluding hydrogens is 174 g/mol. The number of ether oxygens (including phenoxy) is 1. The third kappa shape index (κ3) is 2.54. The van der Waals surface area contributed by atoms with Crippen LogP contribution in [0.1, 0.15) is 19.8 Å². The highest BCUT2D eigenvalue weighted by molar-refractivity contribution is 7.85. The van der Waals surface area contributed by atoms with Crippen LogP contribution in [0.25, 0.3) is 0 Å². The van der Waals surface area contributed by atoms with E-state index in [1.807, 2.05) is 6.92 Å². The molecule has 0 aromatic carbocycles. The van der Waals surface area contributed by atoms with E-state index in [1.54, 1.807) is 0 Å². The van der Waals surface area contributed by atoms with Gasteiger partial charge in [0.1, 0.15) is 0 Å². The molecule has 4 heteroatoms. The summed E-state index contributed by atoms with van der Waals surface area (Å²) in [4.78, 5) is 0. The first-order chi connectivity index (χ1) is 5.75. The van der Waals surface area contributed by atoms with Gasteiger partial charge in [-0.2, -0.15) is 0 Å². The van der Waals surface area contributed by atoms with Gasteiger partial charge in [0.25, 0.3) is 0 Å². The highest BCUT2D eigenvalue weighted by Crippen LogP contribution is 2.18. The lowest BCUT2D eigenvalue weighted by molar-refractivity contribution is 0.127. The summed E-state index contributed by atoms with van der Waals surface area (Å²) in [5.74, 6) is 0.731. The van der Waals surface area contributed by atoms with Gasteiger partial charge in [-0.25, -0.2) is 0 Å². The van der Waals surface area contributed by atoms with Gasteiger partial charge in [0, 0.05) is 23.2 Å². The monoisotopic (exact) mass is 191 g/mol. The Hall–Kier alpha value is 0.0700. The van der Waals surface area contributed by atoms with Crippen LogP contribution in [0.4, 0.5) is 0 Å². The Bertz CT molecular complexity index is 163. The molecule has 3 atom stereocenters. The molecule has 0 aliphatic carbocycles. The number of hydrogen-bond donors (Lipinski definition) is 1. The van der Waals surface area contributed by atoms with Gasteiger partial charge in [-0.1, -0.05) is 0 Å². The van der Waals surface area contributed by atoms with Crippen LogP contribution in [-0.2, 0) is 15.5 Å². The summed E-state index contributed by atoms with van der Waals surface area (Å²) in [6.45, 7) is 3.39. The minimum absolute atomic E-state index is 0.170. The fourth-order valence-corrected chi connectivity index (χ4v) is 3.05. The van der Waals surface area contributed by atoms with Crippen molar-refractivity contribution in [3.8, 4) is 0 Å². The second-order valence-corrected chi connectivity index (χ2v) is 4.91. The van der Waals surface area contributed by atoms with Crippen molar-refractivity contribution in [2.24, 2.45) is 5.73 Å². The Morgan fingerprint density at radius 2 is 2.42 bits per heavy atom. The molecule has 0 saturated carbocycles. The molecule has 1 saturated heterocycles. The van der Waals surface area contributed by atoms with E-state index in [0.29, 0.717) is 6.54 Å². The third-order valence-electron chi connectivity index (χ3n) is 2.19. The van der Waals surface area contributed by atoms with Gasteiger partial charge in [-0.05, 0) is 26.3 Å². The van der Waals surface area contributed by atoms with Crippen molar-refractivity contribution in [1.82, 2.24) is 0 Å². The van der Waals surface area contributed by atoms with E-state index in [1.165, 1.54) is 0 Å².